The largest absolute Gasteiger partial charge is 0.396 e. The van der Waals surface area contributed by atoms with E-state index in [1.807, 2.05) is 12.1 Å². The quantitative estimate of drug-likeness (QED) is 0.826. The molecule has 19 heavy (non-hydrogen) atoms. The highest BCUT2D eigenvalue weighted by Gasteiger charge is 2.26. The van der Waals surface area contributed by atoms with Crippen LogP contribution in [0.3, 0.4) is 0 Å². The van der Waals surface area contributed by atoms with Crippen LogP contribution in [0.2, 0.25) is 0 Å². The smallest absolute Gasteiger partial charge is 0.165 e. The molecule has 1 aromatic heterocycles. The fourth-order valence-electron chi connectivity index (χ4n) is 2.33. The molecular formula is C14H21N5. The Labute approximate surface area is 114 Å². The van der Waals surface area contributed by atoms with Crippen molar-refractivity contribution in [1.82, 2.24) is 9.88 Å². The van der Waals surface area contributed by atoms with Crippen molar-refractivity contribution in [2.75, 3.05) is 36.8 Å². The summed E-state index contributed by atoms with van der Waals surface area (Å²) in [4.78, 5) is 9.00. The highest BCUT2D eigenvalue weighted by molar-refractivity contribution is 5.55. The minimum atomic E-state index is 0.207. The highest BCUT2D eigenvalue weighted by Crippen LogP contribution is 2.21. The monoisotopic (exact) mass is 259 g/mol. The molecule has 2 heterocycles. The Balaban J connectivity index is 2.08. The van der Waals surface area contributed by atoms with Crippen molar-refractivity contribution in [3.63, 3.8) is 0 Å². The van der Waals surface area contributed by atoms with Gasteiger partial charge in [0.25, 0.3) is 0 Å². The molecule has 1 fully saturated rings. The molecule has 0 aliphatic carbocycles. The van der Waals surface area contributed by atoms with Gasteiger partial charge >= 0.3 is 0 Å². The summed E-state index contributed by atoms with van der Waals surface area (Å²) in [6.07, 6.45) is 0. The van der Waals surface area contributed by atoms with Crippen molar-refractivity contribution >= 4 is 11.5 Å². The van der Waals surface area contributed by atoms with Crippen LogP contribution in [0.5, 0.6) is 0 Å². The van der Waals surface area contributed by atoms with Gasteiger partial charge in [-0.2, -0.15) is 5.26 Å². The van der Waals surface area contributed by atoms with Crippen molar-refractivity contribution in [1.29, 1.82) is 5.26 Å². The lowest BCUT2D eigenvalue weighted by Crippen LogP contribution is -2.53. The molecule has 2 N–H and O–H groups in total. The van der Waals surface area contributed by atoms with Crippen LogP contribution in [0.1, 0.15) is 26.5 Å². The van der Waals surface area contributed by atoms with Crippen LogP contribution in [-0.4, -0.2) is 41.6 Å². The first kappa shape index (κ1) is 13.6. The molecule has 5 nitrogen and oxygen atoms in total. The van der Waals surface area contributed by atoms with Gasteiger partial charge in [-0.15, -0.1) is 0 Å². The predicted octanol–water partition coefficient (Wildman–Crippen LogP) is 1.46. The van der Waals surface area contributed by atoms with Gasteiger partial charge in [0.05, 0.1) is 5.69 Å². The van der Waals surface area contributed by atoms with E-state index < -0.39 is 0 Å². The molecule has 0 atom stereocenters. The van der Waals surface area contributed by atoms with Crippen LogP contribution in [0.4, 0.5) is 11.5 Å². The minimum Gasteiger partial charge on any atom is -0.396 e. The molecule has 0 aromatic carbocycles. The first-order chi connectivity index (χ1) is 8.91. The van der Waals surface area contributed by atoms with Gasteiger partial charge < -0.3 is 10.6 Å². The van der Waals surface area contributed by atoms with Gasteiger partial charge in [0.15, 0.2) is 5.69 Å². The van der Waals surface area contributed by atoms with Crippen LogP contribution < -0.4 is 10.6 Å². The Morgan fingerprint density at radius 2 is 1.84 bits per heavy atom. The van der Waals surface area contributed by atoms with Gasteiger partial charge in [-0.3, -0.25) is 4.90 Å². The molecule has 0 spiro atoms. The summed E-state index contributed by atoms with van der Waals surface area (Å²) in [5.74, 6) is 0.847. The number of piperazine rings is 1. The molecule has 0 amide bonds. The summed E-state index contributed by atoms with van der Waals surface area (Å²) < 4.78 is 0. The van der Waals surface area contributed by atoms with Crippen molar-refractivity contribution < 1.29 is 0 Å². The number of nitrogens with zero attached hydrogens (tertiary/aromatic N) is 4. The normalized spacial score (nSPS) is 17.3. The molecule has 0 radical (unpaired) electrons. The van der Waals surface area contributed by atoms with Crippen LogP contribution in [-0.2, 0) is 0 Å². The molecule has 0 unspecified atom stereocenters. The number of nitrogens with two attached hydrogens (primary N) is 1. The number of hydrogen-bond acceptors (Lipinski definition) is 5. The third kappa shape index (κ3) is 2.96. The topological polar surface area (TPSA) is 69.2 Å². The maximum absolute atomic E-state index is 8.97. The SMILES string of the molecule is CC(C)(C)N1CCN(c2ccc(N)c(C#N)n2)CC1. The second kappa shape index (κ2) is 5.06. The lowest BCUT2D eigenvalue weighted by molar-refractivity contribution is 0.128. The zero-order valence-corrected chi connectivity index (χ0v) is 11.8. The molecule has 102 valence electrons. The third-order valence-electron chi connectivity index (χ3n) is 3.57. The van der Waals surface area contributed by atoms with E-state index in [1.165, 1.54) is 0 Å². The first-order valence-electron chi connectivity index (χ1n) is 6.58. The van der Waals surface area contributed by atoms with Gasteiger partial charge in [-0.1, -0.05) is 0 Å². The lowest BCUT2D eigenvalue weighted by Gasteiger charge is -2.42. The van der Waals surface area contributed by atoms with E-state index in [0.29, 0.717) is 11.4 Å². The first-order valence-corrected chi connectivity index (χ1v) is 6.58. The van der Waals surface area contributed by atoms with Crippen molar-refractivity contribution in [2.24, 2.45) is 0 Å². The molecule has 1 aliphatic heterocycles. The van der Waals surface area contributed by atoms with Gasteiger partial charge in [0.2, 0.25) is 0 Å². The third-order valence-corrected chi connectivity index (χ3v) is 3.57. The Hall–Kier alpha value is -1.80. The molecule has 0 saturated carbocycles. The number of hydrogen-bond donors (Lipinski definition) is 1. The van der Waals surface area contributed by atoms with E-state index in [9.17, 15) is 0 Å². The van der Waals surface area contributed by atoms with Crippen LogP contribution in [0, 0.1) is 11.3 Å². The molecule has 5 heteroatoms. The highest BCUT2D eigenvalue weighted by atomic mass is 15.3. The van der Waals surface area contributed by atoms with E-state index >= 15 is 0 Å². The van der Waals surface area contributed by atoms with Crippen LogP contribution in [0.25, 0.3) is 0 Å². The Morgan fingerprint density at radius 1 is 1.21 bits per heavy atom. The van der Waals surface area contributed by atoms with Crippen molar-refractivity contribution in [2.45, 2.75) is 26.3 Å². The van der Waals surface area contributed by atoms with Crippen molar-refractivity contribution in [3.05, 3.63) is 17.8 Å². The number of pyridine rings is 1. The molecule has 2 rings (SSSR count). The predicted molar refractivity (Wildman–Crippen MR) is 76.9 cm³/mol. The Bertz CT molecular complexity index is 490. The average Bonchev–Trinajstić information content (AvgIpc) is 2.38. The van der Waals surface area contributed by atoms with Crippen LogP contribution >= 0.6 is 0 Å². The summed E-state index contributed by atoms with van der Waals surface area (Å²) in [6, 6.07) is 5.69. The second-order valence-electron chi connectivity index (χ2n) is 5.86. The van der Waals surface area contributed by atoms with E-state index in [2.05, 4.69) is 35.6 Å². The van der Waals surface area contributed by atoms with E-state index in [1.54, 1.807) is 6.07 Å². The van der Waals surface area contributed by atoms with E-state index in [0.717, 1.165) is 32.0 Å². The standard InChI is InChI=1S/C14H21N5/c1-14(2,3)19-8-6-18(7-9-19)13-5-4-11(16)12(10-15)17-13/h4-5H,6-9,16H2,1-3H3. The maximum Gasteiger partial charge on any atom is 0.165 e. The summed E-state index contributed by atoms with van der Waals surface area (Å²) >= 11 is 0. The van der Waals surface area contributed by atoms with Gasteiger partial charge in [-0.05, 0) is 32.9 Å². The summed E-state index contributed by atoms with van der Waals surface area (Å²) in [6.45, 7) is 10.6. The molecule has 1 saturated heterocycles. The molecule has 0 bridgehead atoms. The van der Waals surface area contributed by atoms with Gasteiger partial charge in [0, 0.05) is 31.7 Å². The molecule has 1 aliphatic rings. The Morgan fingerprint density at radius 3 is 2.37 bits per heavy atom. The summed E-state index contributed by atoms with van der Waals surface area (Å²) in [5.41, 5.74) is 6.66. The van der Waals surface area contributed by atoms with E-state index in [4.69, 9.17) is 11.0 Å². The number of nitrogen functional groups attached to an aromatic ring is 1. The zero-order chi connectivity index (χ0) is 14.0. The van der Waals surface area contributed by atoms with E-state index in [-0.39, 0.29) is 5.54 Å². The lowest BCUT2D eigenvalue weighted by atomic mass is 10.0. The number of aromatic nitrogens is 1. The number of nitriles is 1. The molecular weight excluding hydrogens is 238 g/mol. The zero-order valence-electron chi connectivity index (χ0n) is 11.8. The number of rotatable bonds is 1. The average molecular weight is 259 g/mol. The summed E-state index contributed by atoms with van der Waals surface area (Å²) in [5, 5.41) is 8.97. The molecule has 1 aromatic rings. The fourth-order valence-corrected chi connectivity index (χ4v) is 2.33. The fraction of sp³-hybridized carbons (Fsp3) is 0.571. The summed E-state index contributed by atoms with van der Waals surface area (Å²) in [7, 11) is 0. The number of anilines is 2. The Kier molecular flexibility index (Phi) is 3.63. The van der Waals surface area contributed by atoms with Crippen molar-refractivity contribution in [3.8, 4) is 6.07 Å². The minimum absolute atomic E-state index is 0.207. The van der Waals surface area contributed by atoms with Gasteiger partial charge in [0.1, 0.15) is 11.9 Å². The maximum atomic E-state index is 8.97. The second-order valence-corrected chi connectivity index (χ2v) is 5.86. The van der Waals surface area contributed by atoms with Gasteiger partial charge in [-0.25, -0.2) is 4.98 Å². The van der Waals surface area contributed by atoms with Crippen LogP contribution in [0.15, 0.2) is 12.1 Å².